The number of benzene rings is 2. The Kier molecular flexibility index (Phi) is 3.88. The van der Waals surface area contributed by atoms with Gasteiger partial charge >= 0.3 is 0 Å². The van der Waals surface area contributed by atoms with Crippen molar-refractivity contribution in [2.24, 2.45) is 0 Å². The molecule has 6 heteroatoms. The van der Waals surface area contributed by atoms with Crippen LogP contribution in [0, 0.1) is 0 Å². The molecule has 0 aromatic heterocycles. The van der Waals surface area contributed by atoms with Gasteiger partial charge in [0.05, 0.1) is 10.9 Å². The average molecular weight is 366 g/mol. The second-order valence-corrected chi connectivity index (χ2v) is 7.85. The third kappa shape index (κ3) is 2.08. The van der Waals surface area contributed by atoms with Crippen LogP contribution in [0.5, 0.6) is 0 Å². The fourth-order valence-corrected chi connectivity index (χ4v) is 5.16. The Morgan fingerprint density at radius 1 is 1.08 bits per heavy atom. The van der Waals surface area contributed by atoms with E-state index in [2.05, 4.69) is 0 Å². The van der Waals surface area contributed by atoms with Gasteiger partial charge in [0.1, 0.15) is 0 Å². The summed E-state index contributed by atoms with van der Waals surface area (Å²) in [6, 6.07) is 16.4. The molecule has 3 amide bonds. The highest BCUT2D eigenvalue weighted by atomic mass is 32.2. The van der Waals surface area contributed by atoms with Gasteiger partial charge in [-0.3, -0.25) is 19.3 Å². The van der Waals surface area contributed by atoms with Gasteiger partial charge in [0.2, 0.25) is 16.7 Å². The number of carbonyl (C=O) groups excluding carboxylic acids is 3. The van der Waals surface area contributed by atoms with Crippen molar-refractivity contribution in [3.05, 3.63) is 60.2 Å². The second kappa shape index (κ2) is 5.99. The number of hydrogen-bond acceptors (Lipinski definition) is 4. The molecule has 2 atom stereocenters. The molecule has 4 rings (SSSR count). The molecule has 0 bridgehead atoms. The lowest BCUT2D eigenvalue weighted by atomic mass is 10.0. The van der Waals surface area contributed by atoms with Crippen LogP contribution in [0.4, 0.5) is 11.4 Å². The summed E-state index contributed by atoms with van der Waals surface area (Å²) in [7, 11) is 0. The minimum atomic E-state index is -1.24. The summed E-state index contributed by atoms with van der Waals surface area (Å²) >= 11 is 1.30. The molecular formula is C20H18N2O3S. The third-order valence-corrected chi connectivity index (χ3v) is 6.27. The van der Waals surface area contributed by atoms with E-state index >= 15 is 0 Å². The first kappa shape index (κ1) is 16.8. The normalized spacial score (nSPS) is 24.5. The molecule has 0 saturated carbocycles. The quantitative estimate of drug-likeness (QED) is 0.818. The summed E-state index contributed by atoms with van der Waals surface area (Å²) < 4.78 is 0. The highest BCUT2D eigenvalue weighted by molar-refractivity contribution is 8.03. The Balaban J connectivity index is 1.98. The molecule has 5 nitrogen and oxygen atoms in total. The zero-order valence-corrected chi connectivity index (χ0v) is 15.3. The van der Waals surface area contributed by atoms with Gasteiger partial charge in [-0.1, -0.05) is 43.3 Å². The Labute approximate surface area is 156 Å². The van der Waals surface area contributed by atoms with Gasteiger partial charge in [-0.25, -0.2) is 4.90 Å². The van der Waals surface area contributed by atoms with Crippen molar-refractivity contribution in [3.8, 4) is 0 Å². The number of rotatable bonds is 2. The van der Waals surface area contributed by atoms with Crippen molar-refractivity contribution >= 4 is 40.9 Å². The zero-order chi connectivity index (χ0) is 18.5. The number of carbonyl (C=O) groups is 3. The van der Waals surface area contributed by atoms with Crippen molar-refractivity contribution in [2.45, 2.75) is 30.4 Å². The van der Waals surface area contributed by atoms with Gasteiger partial charge in [0.25, 0.3) is 5.91 Å². The van der Waals surface area contributed by atoms with Crippen LogP contribution in [-0.4, -0.2) is 23.0 Å². The third-order valence-electron chi connectivity index (χ3n) is 4.80. The van der Waals surface area contributed by atoms with E-state index in [1.54, 1.807) is 30.9 Å². The predicted molar refractivity (Wildman–Crippen MR) is 102 cm³/mol. The average Bonchev–Trinajstić information content (AvgIpc) is 3.07. The number of thioether (sulfide) groups is 1. The molecule has 2 aliphatic rings. The molecule has 1 saturated heterocycles. The summed E-state index contributed by atoms with van der Waals surface area (Å²) in [4.78, 5) is 40.7. The van der Waals surface area contributed by atoms with E-state index in [9.17, 15) is 14.4 Å². The lowest BCUT2D eigenvalue weighted by molar-refractivity contribution is -0.128. The van der Waals surface area contributed by atoms with Gasteiger partial charge in [-0.05, 0) is 25.1 Å². The predicted octanol–water partition coefficient (Wildman–Crippen LogP) is 3.29. The SMILES string of the molecule is CCC(=O)N1C(=O)[C@]2(S[C@@H](C)C(=O)N2c2ccccc2)c2ccccc21. The number of amides is 3. The van der Waals surface area contributed by atoms with Gasteiger partial charge < -0.3 is 0 Å². The molecular weight excluding hydrogens is 348 g/mol. The second-order valence-electron chi connectivity index (χ2n) is 6.32. The van der Waals surface area contributed by atoms with Crippen LogP contribution in [0.2, 0.25) is 0 Å². The minimum Gasteiger partial charge on any atom is -0.283 e. The molecule has 2 heterocycles. The van der Waals surface area contributed by atoms with Crippen molar-refractivity contribution in [2.75, 3.05) is 9.80 Å². The van der Waals surface area contributed by atoms with Gasteiger partial charge in [0, 0.05) is 17.7 Å². The first-order valence-corrected chi connectivity index (χ1v) is 9.44. The highest BCUT2D eigenvalue weighted by Crippen LogP contribution is 2.57. The van der Waals surface area contributed by atoms with E-state index in [-0.39, 0.29) is 29.4 Å². The summed E-state index contributed by atoms with van der Waals surface area (Å²) in [5.41, 5.74) is 1.92. The lowest BCUT2D eigenvalue weighted by Crippen LogP contribution is -2.51. The van der Waals surface area contributed by atoms with E-state index < -0.39 is 4.87 Å². The molecule has 2 aliphatic heterocycles. The molecule has 0 N–H and O–H groups in total. The fourth-order valence-electron chi connectivity index (χ4n) is 3.65. The Bertz CT molecular complexity index is 914. The van der Waals surface area contributed by atoms with E-state index in [1.807, 2.05) is 42.5 Å². The van der Waals surface area contributed by atoms with E-state index in [0.717, 1.165) is 0 Å². The monoisotopic (exact) mass is 366 g/mol. The summed E-state index contributed by atoms with van der Waals surface area (Å²) in [5.74, 6) is -0.757. The molecule has 1 spiro atoms. The van der Waals surface area contributed by atoms with Gasteiger partial charge in [-0.2, -0.15) is 0 Å². The highest BCUT2D eigenvalue weighted by Gasteiger charge is 2.63. The van der Waals surface area contributed by atoms with E-state index in [1.165, 1.54) is 16.7 Å². The van der Waals surface area contributed by atoms with Crippen molar-refractivity contribution in [3.63, 3.8) is 0 Å². The molecule has 2 aromatic carbocycles. The fraction of sp³-hybridized carbons (Fsp3) is 0.250. The van der Waals surface area contributed by atoms with Crippen molar-refractivity contribution in [1.29, 1.82) is 0 Å². The standard InChI is InChI=1S/C20H18N2O3S/c1-3-17(23)21-16-12-8-7-11-15(16)20(19(21)25)22(18(24)13(2)26-20)14-9-5-4-6-10-14/h4-13H,3H2,1-2H3/t13-,20+/m0/s1. The number of nitrogens with zero attached hydrogens (tertiary/aromatic N) is 2. The van der Waals surface area contributed by atoms with Gasteiger partial charge in [0.15, 0.2) is 0 Å². The molecule has 0 aliphatic carbocycles. The first-order chi connectivity index (χ1) is 12.5. The number of anilines is 2. The van der Waals surface area contributed by atoms with Gasteiger partial charge in [-0.15, -0.1) is 11.8 Å². The largest absolute Gasteiger partial charge is 0.283 e. The topological polar surface area (TPSA) is 57.7 Å². The van der Waals surface area contributed by atoms with Crippen LogP contribution in [0.25, 0.3) is 0 Å². The number of fused-ring (bicyclic) bond motifs is 2. The van der Waals surface area contributed by atoms with Crippen LogP contribution < -0.4 is 9.80 Å². The van der Waals surface area contributed by atoms with Crippen LogP contribution in [0.1, 0.15) is 25.8 Å². The zero-order valence-electron chi connectivity index (χ0n) is 14.5. The number of hydrogen-bond donors (Lipinski definition) is 0. The van der Waals surface area contributed by atoms with E-state index in [4.69, 9.17) is 0 Å². The Morgan fingerprint density at radius 2 is 1.73 bits per heavy atom. The molecule has 26 heavy (non-hydrogen) atoms. The van der Waals surface area contributed by atoms with Crippen molar-refractivity contribution in [1.82, 2.24) is 0 Å². The Hall–Kier alpha value is -2.60. The smallest absolute Gasteiger partial charge is 0.275 e. The molecule has 1 fully saturated rings. The summed E-state index contributed by atoms with van der Waals surface area (Å²) in [5, 5.41) is -0.385. The minimum absolute atomic E-state index is 0.129. The maximum Gasteiger partial charge on any atom is 0.275 e. The lowest BCUT2D eigenvalue weighted by Gasteiger charge is -2.32. The molecule has 0 radical (unpaired) electrons. The van der Waals surface area contributed by atoms with Crippen molar-refractivity contribution < 1.29 is 14.4 Å². The molecule has 0 unspecified atom stereocenters. The summed E-state index contributed by atoms with van der Waals surface area (Å²) in [6.07, 6.45) is 0.218. The number of para-hydroxylation sites is 2. The molecule has 132 valence electrons. The Morgan fingerprint density at radius 3 is 2.42 bits per heavy atom. The molecule has 2 aromatic rings. The number of imide groups is 1. The van der Waals surface area contributed by atoms with Crippen LogP contribution in [0.3, 0.4) is 0 Å². The van der Waals surface area contributed by atoms with Crippen LogP contribution in [0.15, 0.2) is 54.6 Å². The van der Waals surface area contributed by atoms with Crippen LogP contribution in [-0.2, 0) is 19.3 Å². The van der Waals surface area contributed by atoms with E-state index in [0.29, 0.717) is 16.9 Å². The summed E-state index contributed by atoms with van der Waals surface area (Å²) in [6.45, 7) is 3.53. The maximum absolute atomic E-state index is 13.6. The van der Waals surface area contributed by atoms with Crippen LogP contribution >= 0.6 is 11.8 Å². The first-order valence-electron chi connectivity index (χ1n) is 8.56. The maximum atomic E-state index is 13.6.